The molecule has 0 aliphatic rings. The summed E-state index contributed by atoms with van der Waals surface area (Å²) in [6.07, 6.45) is 2.08. The van der Waals surface area contributed by atoms with Gasteiger partial charge in [0.05, 0.1) is 24.2 Å². The van der Waals surface area contributed by atoms with Crippen LogP contribution < -0.4 is 0 Å². The minimum Gasteiger partial charge on any atom is -0.467 e. The van der Waals surface area contributed by atoms with Crippen LogP contribution in [0.3, 0.4) is 0 Å². The Labute approximate surface area is 182 Å². The first-order valence-electron chi connectivity index (χ1n) is 10.00. The van der Waals surface area contributed by atoms with E-state index >= 15 is 0 Å². The van der Waals surface area contributed by atoms with Gasteiger partial charge in [0, 0.05) is 13.1 Å². The van der Waals surface area contributed by atoms with Gasteiger partial charge in [0.25, 0.3) is 0 Å². The maximum Gasteiger partial charge on any atom is 0.243 e. The fourth-order valence-electron chi connectivity index (χ4n) is 3.16. The first-order valence-corrected chi connectivity index (χ1v) is 11.4. The smallest absolute Gasteiger partial charge is 0.243 e. The lowest BCUT2D eigenvalue weighted by molar-refractivity contribution is -0.133. The van der Waals surface area contributed by atoms with Crippen molar-refractivity contribution < 1.29 is 22.0 Å². The van der Waals surface area contributed by atoms with Crippen LogP contribution in [0.15, 0.2) is 82.3 Å². The van der Waals surface area contributed by atoms with E-state index in [-0.39, 0.29) is 42.8 Å². The Balaban J connectivity index is 1.83. The third-order valence-electron chi connectivity index (χ3n) is 4.73. The topological polar surface area (TPSA) is 70.8 Å². The van der Waals surface area contributed by atoms with Gasteiger partial charge in [-0.1, -0.05) is 37.3 Å². The predicted octanol–water partition coefficient (Wildman–Crippen LogP) is 4.05. The fraction of sp³-hybridized carbons (Fsp3) is 0.261. The molecule has 3 rings (SSSR count). The molecule has 1 amide bonds. The maximum absolute atomic E-state index is 13.3. The molecule has 6 nitrogen and oxygen atoms in total. The molecule has 31 heavy (non-hydrogen) atoms. The Morgan fingerprint density at radius 3 is 2.29 bits per heavy atom. The maximum atomic E-state index is 13.3. The number of benzene rings is 2. The first kappa shape index (κ1) is 22.7. The molecular formula is C23H25FN2O4S. The number of nitrogens with zero attached hydrogens (tertiary/aromatic N) is 2. The monoisotopic (exact) mass is 444 g/mol. The third kappa shape index (κ3) is 6.02. The summed E-state index contributed by atoms with van der Waals surface area (Å²) in [5.41, 5.74) is 0.731. The fourth-order valence-corrected chi connectivity index (χ4v) is 4.66. The van der Waals surface area contributed by atoms with Gasteiger partial charge >= 0.3 is 0 Å². The summed E-state index contributed by atoms with van der Waals surface area (Å²) in [6.45, 7) is 2.15. The van der Waals surface area contributed by atoms with Crippen LogP contribution in [-0.2, 0) is 27.9 Å². The molecule has 8 heteroatoms. The quantitative estimate of drug-likeness (QED) is 0.473. The number of halogens is 1. The highest BCUT2D eigenvalue weighted by Gasteiger charge is 2.28. The molecule has 0 saturated heterocycles. The van der Waals surface area contributed by atoms with Gasteiger partial charge in [0.1, 0.15) is 11.6 Å². The van der Waals surface area contributed by atoms with Gasteiger partial charge in [-0.05, 0) is 48.4 Å². The Morgan fingerprint density at radius 2 is 1.68 bits per heavy atom. The van der Waals surface area contributed by atoms with Crippen molar-refractivity contribution in [1.29, 1.82) is 0 Å². The number of carbonyl (C=O) groups is 1. The lowest BCUT2D eigenvalue weighted by Crippen LogP contribution is -2.42. The second-order valence-electron chi connectivity index (χ2n) is 7.11. The number of furan rings is 1. The molecule has 0 fully saturated rings. The van der Waals surface area contributed by atoms with E-state index in [0.717, 1.165) is 5.56 Å². The van der Waals surface area contributed by atoms with Gasteiger partial charge in [0.2, 0.25) is 15.9 Å². The Morgan fingerprint density at radius 1 is 0.968 bits per heavy atom. The van der Waals surface area contributed by atoms with Gasteiger partial charge in [0.15, 0.2) is 0 Å². The van der Waals surface area contributed by atoms with Gasteiger partial charge < -0.3 is 9.32 Å². The van der Waals surface area contributed by atoms with Gasteiger partial charge in [-0.25, -0.2) is 12.8 Å². The van der Waals surface area contributed by atoms with Crippen molar-refractivity contribution in [2.75, 3.05) is 13.1 Å². The lowest BCUT2D eigenvalue weighted by Gasteiger charge is -2.27. The van der Waals surface area contributed by atoms with Crippen molar-refractivity contribution in [2.45, 2.75) is 31.3 Å². The molecule has 0 saturated carbocycles. The Kier molecular flexibility index (Phi) is 7.59. The minimum absolute atomic E-state index is 0.146. The standard InChI is InChI=1S/C23H25FN2O4S/c1-2-14-26(31(28,29)22-8-4-3-5-9-22)18-23(27)25(17-21-7-6-15-30-21)16-19-10-12-20(24)13-11-19/h3-13,15H,2,14,16-18H2,1H3. The molecule has 0 aliphatic heterocycles. The average molecular weight is 445 g/mol. The van der Waals surface area contributed by atoms with Crippen molar-refractivity contribution in [3.05, 3.63) is 90.1 Å². The van der Waals surface area contributed by atoms with Crippen molar-refractivity contribution in [1.82, 2.24) is 9.21 Å². The van der Waals surface area contributed by atoms with Crippen LogP contribution in [-0.4, -0.2) is 36.6 Å². The van der Waals surface area contributed by atoms with E-state index < -0.39 is 10.0 Å². The summed E-state index contributed by atoms with van der Waals surface area (Å²) < 4.78 is 46.0. The van der Waals surface area contributed by atoms with Crippen molar-refractivity contribution in [3.8, 4) is 0 Å². The largest absolute Gasteiger partial charge is 0.467 e. The van der Waals surface area contributed by atoms with Crippen LogP contribution in [0.4, 0.5) is 4.39 Å². The number of rotatable bonds is 10. The number of amides is 1. The first-order chi connectivity index (χ1) is 14.9. The highest BCUT2D eigenvalue weighted by molar-refractivity contribution is 7.89. The molecule has 1 aromatic heterocycles. The summed E-state index contributed by atoms with van der Waals surface area (Å²) in [5.74, 6) is -0.159. The van der Waals surface area contributed by atoms with Crippen LogP contribution in [0, 0.1) is 5.82 Å². The molecule has 1 heterocycles. The molecule has 0 atom stereocenters. The van der Waals surface area contributed by atoms with E-state index in [2.05, 4.69) is 0 Å². The van der Waals surface area contributed by atoms with Crippen LogP contribution in [0.25, 0.3) is 0 Å². The molecule has 2 aromatic carbocycles. The van der Waals surface area contributed by atoms with Gasteiger partial charge in [-0.15, -0.1) is 0 Å². The van der Waals surface area contributed by atoms with E-state index in [4.69, 9.17) is 4.42 Å². The van der Waals surface area contributed by atoms with Crippen molar-refractivity contribution >= 4 is 15.9 Å². The van der Waals surface area contributed by atoms with E-state index in [1.54, 1.807) is 42.5 Å². The van der Waals surface area contributed by atoms with Gasteiger partial charge in [-0.2, -0.15) is 4.31 Å². The number of hydrogen-bond acceptors (Lipinski definition) is 4. The number of hydrogen-bond donors (Lipinski definition) is 0. The molecule has 3 aromatic rings. The molecular weight excluding hydrogens is 419 g/mol. The summed E-state index contributed by atoms with van der Waals surface area (Å²) in [7, 11) is -3.82. The molecule has 0 aliphatic carbocycles. The third-order valence-corrected chi connectivity index (χ3v) is 6.59. The highest BCUT2D eigenvalue weighted by Crippen LogP contribution is 2.18. The Bertz CT molecular complexity index is 1070. The molecule has 0 bridgehead atoms. The van der Waals surface area contributed by atoms with Crippen molar-refractivity contribution in [3.63, 3.8) is 0 Å². The van der Waals surface area contributed by atoms with E-state index in [9.17, 15) is 17.6 Å². The van der Waals surface area contributed by atoms with Crippen LogP contribution in [0.2, 0.25) is 0 Å². The van der Waals surface area contributed by atoms with Crippen molar-refractivity contribution in [2.24, 2.45) is 0 Å². The lowest BCUT2D eigenvalue weighted by atomic mass is 10.2. The molecule has 0 unspecified atom stereocenters. The van der Waals surface area contributed by atoms with Crippen LogP contribution in [0.5, 0.6) is 0 Å². The van der Waals surface area contributed by atoms with Crippen LogP contribution >= 0.6 is 0 Å². The normalized spacial score (nSPS) is 11.6. The molecule has 0 spiro atoms. The van der Waals surface area contributed by atoms with E-state index in [0.29, 0.717) is 12.2 Å². The van der Waals surface area contributed by atoms with E-state index in [1.165, 1.54) is 39.7 Å². The predicted molar refractivity (Wildman–Crippen MR) is 115 cm³/mol. The SMILES string of the molecule is CCCN(CC(=O)N(Cc1ccc(F)cc1)Cc1ccco1)S(=O)(=O)c1ccccc1. The zero-order chi connectivity index (χ0) is 22.3. The van der Waals surface area contributed by atoms with Gasteiger partial charge in [-0.3, -0.25) is 4.79 Å². The molecule has 0 N–H and O–H groups in total. The zero-order valence-corrected chi connectivity index (χ0v) is 18.1. The second kappa shape index (κ2) is 10.4. The second-order valence-corrected chi connectivity index (χ2v) is 9.05. The van der Waals surface area contributed by atoms with Crippen LogP contribution in [0.1, 0.15) is 24.7 Å². The molecule has 0 radical (unpaired) electrons. The number of carbonyl (C=O) groups excluding carboxylic acids is 1. The average Bonchev–Trinajstić information content (AvgIpc) is 3.28. The van der Waals surface area contributed by atoms with E-state index in [1.807, 2.05) is 6.92 Å². The summed E-state index contributed by atoms with van der Waals surface area (Å²) in [4.78, 5) is 14.9. The minimum atomic E-state index is -3.82. The Hall–Kier alpha value is -2.97. The zero-order valence-electron chi connectivity index (χ0n) is 17.3. The highest BCUT2D eigenvalue weighted by atomic mass is 32.2. The number of sulfonamides is 1. The molecule has 164 valence electrons. The summed E-state index contributed by atoms with van der Waals surface area (Å²) in [6, 6.07) is 17.4. The summed E-state index contributed by atoms with van der Waals surface area (Å²) in [5, 5.41) is 0. The summed E-state index contributed by atoms with van der Waals surface area (Å²) >= 11 is 0.